The van der Waals surface area contributed by atoms with E-state index in [2.05, 4.69) is 48.2 Å². The summed E-state index contributed by atoms with van der Waals surface area (Å²) in [5, 5.41) is 4.40. The van der Waals surface area contributed by atoms with Crippen LogP contribution < -0.4 is 0 Å². The van der Waals surface area contributed by atoms with Crippen molar-refractivity contribution in [1.82, 2.24) is 14.8 Å². The number of hydrogen-bond donors (Lipinski definition) is 0. The minimum Gasteiger partial charge on any atom is -0.368 e. The van der Waals surface area contributed by atoms with Crippen molar-refractivity contribution < 1.29 is 4.74 Å². The molecule has 4 nitrogen and oxygen atoms in total. The molecule has 1 aromatic carbocycles. The average Bonchev–Trinajstić information content (AvgIpc) is 2.97. The highest BCUT2D eigenvalue weighted by molar-refractivity contribution is 5.26. The number of hydrogen-bond acceptors (Lipinski definition) is 3. The molecule has 0 amide bonds. The van der Waals surface area contributed by atoms with Crippen LogP contribution in [0.5, 0.6) is 0 Å². The van der Waals surface area contributed by atoms with Crippen molar-refractivity contribution in [1.29, 1.82) is 0 Å². The van der Waals surface area contributed by atoms with Crippen LogP contribution in [0.25, 0.3) is 0 Å². The molecule has 1 aliphatic rings. The Hall–Kier alpha value is -1.68. The minimum atomic E-state index is -0.404. The Morgan fingerprint density at radius 1 is 1.15 bits per heavy atom. The quantitative estimate of drug-likeness (QED) is 0.842. The maximum Gasteiger partial charge on any atom is 0.137 e. The molecule has 0 saturated carbocycles. The molecule has 2 unspecified atom stereocenters. The second kappa shape index (κ2) is 5.02. The van der Waals surface area contributed by atoms with E-state index >= 15 is 0 Å². The molecule has 3 rings (SSSR count). The van der Waals surface area contributed by atoms with Gasteiger partial charge in [0.1, 0.15) is 18.3 Å². The highest BCUT2D eigenvalue weighted by atomic mass is 16.5. The molecular formula is C16H21N3O. The van der Waals surface area contributed by atoms with Gasteiger partial charge in [-0.25, -0.2) is 9.67 Å². The molecule has 2 aromatic rings. The second-order valence-electron chi connectivity index (χ2n) is 5.82. The molecule has 0 aliphatic carbocycles. The zero-order valence-corrected chi connectivity index (χ0v) is 12.1. The Balaban J connectivity index is 2.13. The Labute approximate surface area is 119 Å². The van der Waals surface area contributed by atoms with Gasteiger partial charge >= 0.3 is 0 Å². The van der Waals surface area contributed by atoms with Crippen molar-refractivity contribution in [2.24, 2.45) is 0 Å². The van der Waals surface area contributed by atoms with Crippen LogP contribution in [0, 0.1) is 0 Å². The van der Waals surface area contributed by atoms with Gasteiger partial charge in [0.25, 0.3) is 0 Å². The molecule has 4 heteroatoms. The molecule has 0 spiro atoms. The Bertz CT molecular complexity index is 554. The third-order valence-electron chi connectivity index (χ3n) is 4.73. The maximum absolute atomic E-state index is 6.33. The first kappa shape index (κ1) is 13.3. The maximum atomic E-state index is 6.33. The van der Waals surface area contributed by atoms with Gasteiger partial charge in [-0.15, -0.1) is 0 Å². The number of rotatable bonds is 2. The van der Waals surface area contributed by atoms with Crippen LogP contribution in [0.15, 0.2) is 43.0 Å². The van der Waals surface area contributed by atoms with E-state index in [1.807, 2.05) is 10.7 Å². The summed E-state index contributed by atoms with van der Waals surface area (Å²) in [7, 11) is 0. The summed E-state index contributed by atoms with van der Waals surface area (Å²) >= 11 is 0. The molecule has 0 radical (unpaired) electrons. The molecule has 1 saturated heterocycles. The van der Waals surface area contributed by atoms with E-state index in [4.69, 9.17) is 4.74 Å². The van der Waals surface area contributed by atoms with E-state index in [1.54, 1.807) is 12.7 Å². The van der Waals surface area contributed by atoms with Gasteiger partial charge in [-0.05, 0) is 38.7 Å². The van der Waals surface area contributed by atoms with Gasteiger partial charge in [0.15, 0.2) is 0 Å². The first-order valence-corrected chi connectivity index (χ1v) is 7.21. The molecule has 1 aromatic heterocycles. The SMILES string of the molecule is CC1(c2ccccc2)OCCCCC1(C)n1cncn1. The van der Waals surface area contributed by atoms with Crippen LogP contribution in [0.2, 0.25) is 0 Å². The van der Waals surface area contributed by atoms with Crippen LogP contribution in [-0.4, -0.2) is 21.4 Å². The summed E-state index contributed by atoms with van der Waals surface area (Å²) in [6.45, 7) is 5.19. The molecule has 2 atom stereocenters. The first-order chi connectivity index (χ1) is 9.67. The van der Waals surface area contributed by atoms with Crippen LogP contribution in [0.4, 0.5) is 0 Å². The van der Waals surface area contributed by atoms with Crippen LogP contribution in [0.3, 0.4) is 0 Å². The second-order valence-corrected chi connectivity index (χ2v) is 5.82. The number of nitrogens with zero attached hydrogens (tertiary/aromatic N) is 3. The third-order valence-corrected chi connectivity index (χ3v) is 4.73. The van der Waals surface area contributed by atoms with Gasteiger partial charge in [0, 0.05) is 6.61 Å². The monoisotopic (exact) mass is 271 g/mol. The lowest BCUT2D eigenvalue weighted by molar-refractivity contribution is -0.111. The molecule has 0 bridgehead atoms. The predicted molar refractivity (Wildman–Crippen MR) is 77.3 cm³/mol. The van der Waals surface area contributed by atoms with Crippen molar-refractivity contribution in [3.8, 4) is 0 Å². The Kier molecular flexibility index (Phi) is 3.34. The van der Waals surface area contributed by atoms with Gasteiger partial charge in [-0.1, -0.05) is 30.3 Å². The summed E-state index contributed by atoms with van der Waals surface area (Å²) in [5.41, 5.74) is 0.555. The summed E-state index contributed by atoms with van der Waals surface area (Å²) < 4.78 is 8.29. The van der Waals surface area contributed by atoms with Crippen LogP contribution >= 0.6 is 0 Å². The fraction of sp³-hybridized carbons (Fsp3) is 0.500. The molecule has 2 heterocycles. The lowest BCUT2D eigenvalue weighted by Gasteiger charge is -2.45. The molecule has 1 fully saturated rings. The van der Waals surface area contributed by atoms with Crippen LogP contribution in [0.1, 0.15) is 38.7 Å². The van der Waals surface area contributed by atoms with E-state index in [1.165, 1.54) is 5.56 Å². The van der Waals surface area contributed by atoms with Gasteiger partial charge < -0.3 is 4.74 Å². The molecule has 20 heavy (non-hydrogen) atoms. The topological polar surface area (TPSA) is 39.9 Å². The van der Waals surface area contributed by atoms with Gasteiger partial charge in [-0.3, -0.25) is 0 Å². The van der Waals surface area contributed by atoms with Gasteiger partial charge in [0.05, 0.1) is 5.54 Å². The highest BCUT2D eigenvalue weighted by Gasteiger charge is 2.49. The lowest BCUT2D eigenvalue weighted by Crippen LogP contribution is -2.50. The fourth-order valence-corrected chi connectivity index (χ4v) is 3.19. The number of benzene rings is 1. The first-order valence-electron chi connectivity index (χ1n) is 7.21. The van der Waals surface area contributed by atoms with Gasteiger partial charge in [-0.2, -0.15) is 5.10 Å². The highest BCUT2D eigenvalue weighted by Crippen LogP contribution is 2.46. The smallest absolute Gasteiger partial charge is 0.137 e. The number of ether oxygens (including phenoxy) is 1. The Morgan fingerprint density at radius 3 is 2.65 bits per heavy atom. The fourth-order valence-electron chi connectivity index (χ4n) is 3.19. The lowest BCUT2D eigenvalue weighted by atomic mass is 9.75. The molecule has 0 N–H and O–H groups in total. The largest absolute Gasteiger partial charge is 0.368 e. The molecule has 1 aliphatic heterocycles. The zero-order valence-electron chi connectivity index (χ0n) is 12.1. The van der Waals surface area contributed by atoms with E-state index < -0.39 is 5.60 Å². The molecule has 106 valence electrons. The predicted octanol–water partition coefficient (Wildman–Crippen LogP) is 3.11. The third kappa shape index (κ3) is 1.95. The number of aromatic nitrogens is 3. The summed E-state index contributed by atoms with van der Waals surface area (Å²) in [6.07, 6.45) is 6.66. The van der Waals surface area contributed by atoms with E-state index in [0.29, 0.717) is 0 Å². The van der Waals surface area contributed by atoms with Crippen molar-refractivity contribution in [3.05, 3.63) is 48.5 Å². The van der Waals surface area contributed by atoms with Crippen molar-refractivity contribution in [2.75, 3.05) is 6.61 Å². The summed E-state index contributed by atoms with van der Waals surface area (Å²) in [6, 6.07) is 10.4. The molecular weight excluding hydrogens is 250 g/mol. The average molecular weight is 271 g/mol. The van der Waals surface area contributed by atoms with E-state index in [-0.39, 0.29) is 5.54 Å². The van der Waals surface area contributed by atoms with E-state index in [0.717, 1.165) is 25.9 Å². The standard InChI is InChI=1S/C16H21N3O/c1-15(19-13-17-12-18-19)10-6-7-11-20-16(15,2)14-8-4-3-5-9-14/h3-5,8-9,12-13H,6-7,10-11H2,1-2H3. The Morgan fingerprint density at radius 2 is 1.95 bits per heavy atom. The van der Waals surface area contributed by atoms with Crippen molar-refractivity contribution >= 4 is 0 Å². The normalized spacial score (nSPS) is 30.9. The van der Waals surface area contributed by atoms with Crippen LogP contribution in [-0.2, 0) is 15.9 Å². The van der Waals surface area contributed by atoms with Crippen molar-refractivity contribution in [3.63, 3.8) is 0 Å². The van der Waals surface area contributed by atoms with Crippen molar-refractivity contribution in [2.45, 2.75) is 44.2 Å². The summed E-state index contributed by atoms with van der Waals surface area (Å²) in [5.74, 6) is 0. The van der Waals surface area contributed by atoms with E-state index in [9.17, 15) is 0 Å². The summed E-state index contributed by atoms with van der Waals surface area (Å²) in [4.78, 5) is 4.13. The minimum absolute atomic E-state index is 0.235. The van der Waals surface area contributed by atoms with Gasteiger partial charge in [0.2, 0.25) is 0 Å². The zero-order chi connectivity index (χ0) is 14.1.